The van der Waals surface area contributed by atoms with Gasteiger partial charge in [0, 0.05) is 11.8 Å². The highest BCUT2D eigenvalue weighted by molar-refractivity contribution is 6.20. The van der Waals surface area contributed by atoms with Crippen molar-refractivity contribution in [3.8, 4) is 0 Å². The van der Waals surface area contributed by atoms with Crippen LogP contribution in [0.1, 0.15) is 12.7 Å². The number of Topliss-reactive ketones (excluding diaryl/α,β-unsaturated/α-hetero) is 1. The molecule has 1 aliphatic heterocycles. The van der Waals surface area contributed by atoms with Crippen molar-refractivity contribution in [2.45, 2.75) is 20.0 Å². The second kappa shape index (κ2) is 7.73. The van der Waals surface area contributed by atoms with Gasteiger partial charge in [-0.3, -0.25) is 9.59 Å². The number of aryl methyl sites for hydroxylation is 1. The highest BCUT2D eigenvalue weighted by atomic mass is 16.6. The maximum atomic E-state index is 12.4. The van der Waals surface area contributed by atoms with Crippen LogP contribution in [-0.2, 0) is 23.9 Å². The maximum Gasteiger partial charge on any atom is 0.348 e. The molecular formula is C18H17N3O6. The molecule has 1 aromatic heterocycles. The average Bonchev–Trinajstić information content (AvgIpc) is 3.21. The fraction of sp³-hybridized carbons (Fsp3) is 0.222. The molecule has 1 atom stereocenters. The van der Waals surface area contributed by atoms with Crippen LogP contribution in [-0.4, -0.2) is 35.5 Å². The second-order valence-corrected chi connectivity index (χ2v) is 5.77. The summed E-state index contributed by atoms with van der Waals surface area (Å²) in [6.07, 6.45) is -1.16. The third-order valence-electron chi connectivity index (χ3n) is 3.62. The van der Waals surface area contributed by atoms with Gasteiger partial charge in [0.25, 0.3) is 5.91 Å². The molecule has 0 saturated heterocycles. The number of amides is 1. The van der Waals surface area contributed by atoms with E-state index in [-0.39, 0.29) is 23.9 Å². The quantitative estimate of drug-likeness (QED) is 0.582. The molecule has 0 unspecified atom stereocenters. The molecule has 1 aliphatic rings. The van der Waals surface area contributed by atoms with E-state index in [1.54, 1.807) is 31.2 Å². The summed E-state index contributed by atoms with van der Waals surface area (Å²) in [6.45, 7) is 2.77. The minimum Gasteiger partial charge on any atom is -0.470 e. The van der Waals surface area contributed by atoms with Gasteiger partial charge in [-0.2, -0.15) is 0 Å². The van der Waals surface area contributed by atoms with E-state index in [0.717, 1.165) is 0 Å². The Labute approximate surface area is 154 Å². The molecule has 3 rings (SSSR count). The molecule has 9 heteroatoms. The van der Waals surface area contributed by atoms with Gasteiger partial charge in [0.2, 0.25) is 11.7 Å². The minimum atomic E-state index is -1.16. The van der Waals surface area contributed by atoms with Crippen LogP contribution in [0.3, 0.4) is 0 Å². The van der Waals surface area contributed by atoms with E-state index in [2.05, 4.69) is 15.8 Å². The number of para-hydroxylation sites is 1. The molecule has 140 valence electrons. The van der Waals surface area contributed by atoms with E-state index in [1.807, 2.05) is 6.07 Å². The van der Waals surface area contributed by atoms with Crippen LogP contribution in [0.15, 0.2) is 52.4 Å². The Morgan fingerprint density at radius 2 is 2.00 bits per heavy atom. The molecular weight excluding hydrogens is 354 g/mol. The summed E-state index contributed by atoms with van der Waals surface area (Å²) in [4.78, 5) is 36.5. The van der Waals surface area contributed by atoms with Crippen LogP contribution in [0.25, 0.3) is 0 Å². The summed E-state index contributed by atoms with van der Waals surface area (Å²) in [5, 5.41) is 8.94. The third kappa shape index (κ3) is 4.32. The first-order chi connectivity index (χ1) is 12.9. The highest BCUT2D eigenvalue weighted by Crippen LogP contribution is 2.21. The van der Waals surface area contributed by atoms with E-state index in [4.69, 9.17) is 14.0 Å². The van der Waals surface area contributed by atoms with Gasteiger partial charge in [0.1, 0.15) is 5.76 Å². The summed E-state index contributed by atoms with van der Waals surface area (Å²) in [6, 6.07) is 10.4. The Morgan fingerprint density at radius 3 is 2.67 bits per heavy atom. The molecule has 1 aromatic carbocycles. The van der Waals surface area contributed by atoms with Gasteiger partial charge >= 0.3 is 5.97 Å². The van der Waals surface area contributed by atoms with E-state index in [0.29, 0.717) is 11.4 Å². The van der Waals surface area contributed by atoms with Crippen molar-refractivity contribution in [2.75, 3.05) is 17.2 Å². The average molecular weight is 371 g/mol. The minimum absolute atomic E-state index is 0.00376. The molecule has 0 aliphatic carbocycles. The molecule has 0 fully saturated rings. The number of hydrogen-bond acceptors (Lipinski definition) is 8. The zero-order valence-electron chi connectivity index (χ0n) is 14.6. The molecule has 2 N–H and O–H groups in total. The summed E-state index contributed by atoms with van der Waals surface area (Å²) in [7, 11) is 0. The number of ketones is 1. The van der Waals surface area contributed by atoms with Gasteiger partial charge in [-0.15, -0.1) is 0 Å². The van der Waals surface area contributed by atoms with E-state index < -0.39 is 23.8 Å². The van der Waals surface area contributed by atoms with Crippen LogP contribution in [0, 0.1) is 6.92 Å². The van der Waals surface area contributed by atoms with Crippen molar-refractivity contribution < 1.29 is 28.4 Å². The van der Waals surface area contributed by atoms with Gasteiger partial charge in [-0.05, 0) is 26.0 Å². The molecule has 27 heavy (non-hydrogen) atoms. The SMILES string of the molecule is Cc1cc(NC(=O)[C@H](C)OC(=O)C2=C(Nc3ccccc3)OCC2=O)no1. The number of nitrogens with one attached hydrogen (secondary N) is 2. The van der Waals surface area contributed by atoms with Gasteiger partial charge in [-0.1, -0.05) is 23.4 Å². The highest BCUT2D eigenvalue weighted by Gasteiger charge is 2.34. The predicted molar refractivity (Wildman–Crippen MR) is 93.5 cm³/mol. The fourth-order valence-corrected chi connectivity index (χ4v) is 2.29. The molecule has 0 saturated carbocycles. The van der Waals surface area contributed by atoms with Crippen molar-refractivity contribution >= 4 is 29.2 Å². The first-order valence-electron chi connectivity index (χ1n) is 8.11. The van der Waals surface area contributed by atoms with Crippen molar-refractivity contribution in [1.82, 2.24) is 5.16 Å². The molecule has 0 radical (unpaired) electrons. The summed E-state index contributed by atoms with van der Waals surface area (Å²) < 4.78 is 15.2. The van der Waals surface area contributed by atoms with Gasteiger partial charge in [0.05, 0.1) is 0 Å². The number of ether oxygens (including phenoxy) is 2. The molecule has 2 heterocycles. The lowest BCUT2D eigenvalue weighted by atomic mass is 10.2. The first kappa shape index (κ1) is 18.2. The summed E-state index contributed by atoms with van der Waals surface area (Å²) in [5.41, 5.74) is 0.371. The van der Waals surface area contributed by atoms with Crippen LogP contribution in [0.4, 0.5) is 11.5 Å². The number of hydrogen-bond donors (Lipinski definition) is 2. The van der Waals surface area contributed by atoms with E-state index in [1.165, 1.54) is 13.0 Å². The molecule has 9 nitrogen and oxygen atoms in total. The van der Waals surface area contributed by atoms with Crippen molar-refractivity contribution in [1.29, 1.82) is 0 Å². The third-order valence-corrected chi connectivity index (χ3v) is 3.62. The topological polar surface area (TPSA) is 120 Å². The van der Waals surface area contributed by atoms with Gasteiger partial charge in [-0.25, -0.2) is 4.79 Å². The summed E-state index contributed by atoms with van der Waals surface area (Å²) >= 11 is 0. The molecule has 0 bridgehead atoms. The smallest absolute Gasteiger partial charge is 0.348 e. The normalized spacial score (nSPS) is 14.5. The van der Waals surface area contributed by atoms with E-state index >= 15 is 0 Å². The van der Waals surface area contributed by atoms with Crippen molar-refractivity contribution in [2.24, 2.45) is 0 Å². The van der Waals surface area contributed by atoms with Gasteiger partial charge < -0.3 is 24.6 Å². The van der Waals surface area contributed by atoms with Gasteiger partial charge in [0.15, 0.2) is 24.1 Å². The van der Waals surface area contributed by atoms with Crippen LogP contribution >= 0.6 is 0 Å². The van der Waals surface area contributed by atoms with Crippen molar-refractivity contribution in [3.63, 3.8) is 0 Å². The Hall–Kier alpha value is -3.62. The standard InChI is InChI=1S/C18H17N3O6/c1-10-8-14(21-27-10)20-16(23)11(2)26-18(24)15-13(22)9-25-17(15)19-12-6-4-3-5-7-12/h3-8,11,19H,9H2,1-2H3,(H,20,21,23)/t11-/m0/s1. The lowest BCUT2D eigenvalue weighted by Crippen LogP contribution is -2.31. The lowest BCUT2D eigenvalue weighted by molar-refractivity contribution is -0.150. The first-order valence-corrected chi connectivity index (χ1v) is 8.11. The number of carbonyl (C=O) groups is 3. The molecule has 1 amide bonds. The number of rotatable bonds is 6. The zero-order chi connectivity index (χ0) is 19.4. The van der Waals surface area contributed by atoms with Crippen LogP contribution in [0.5, 0.6) is 0 Å². The Kier molecular flexibility index (Phi) is 5.20. The molecule has 2 aromatic rings. The monoisotopic (exact) mass is 371 g/mol. The molecule has 0 spiro atoms. The number of esters is 1. The number of benzene rings is 1. The van der Waals surface area contributed by atoms with Crippen LogP contribution in [0.2, 0.25) is 0 Å². The number of aromatic nitrogens is 1. The van der Waals surface area contributed by atoms with E-state index in [9.17, 15) is 14.4 Å². The number of nitrogens with zero attached hydrogens (tertiary/aromatic N) is 1. The Bertz CT molecular complexity index is 903. The lowest BCUT2D eigenvalue weighted by Gasteiger charge is -2.13. The Morgan fingerprint density at radius 1 is 1.26 bits per heavy atom. The predicted octanol–water partition coefficient (Wildman–Crippen LogP) is 1.78. The largest absolute Gasteiger partial charge is 0.470 e. The number of carbonyl (C=O) groups excluding carboxylic acids is 3. The Balaban J connectivity index is 1.68. The summed E-state index contributed by atoms with van der Waals surface area (Å²) in [5.74, 6) is -1.37. The fourth-order valence-electron chi connectivity index (χ4n) is 2.29. The second-order valence-electron chi connectivity index (χ2n) is 5.77. The zero-order valence-corrected chi connectivity index (χ0v) is 14.6. The van der Waals surface area contributed by atoms with Crippen molar-refractivity contribution in [3.05, 3.63) is 53.6 Å². The maximum absolute atomic E-state index is 12.4. The number of anilines is 2. The van der Waals surface area contributed by atoms with Crippen LogP contribution < -0.4 is 10.6 Å².